The van der Waals surface area contributed by atoms with Gasteiger partial charge in [-0.05, 0) is 35.4 Å². The van der Waals surface area contributed by atoms with E-state index in [4.69, 9.17) is 26.2 Å². The Bertz CT molecular complexity index is 1850. The summed E-state index contributed by atoms with van der Waals surface area (Å²) in [6.07, 6.45) is -0.611. The molecule has 4 aromatic carbocycles. The van der Waals surface area contributed by atoms with Crippen molar-refractivity contribution in [2.24, 2.45) is 5.10 Å². The minimum atomic E-state index is -0.895. The van der Waals surface area contributed by atoms with Crippen LogP contribution in [0.1, 0.15) is 35.3 Å². The minimum Gasteiger partial charge on any atom is -0.496 e. The van der Waals surface area contributed by atoms with Crippen molar-refractivity contribution in [3.05, 3.63) is 135 Å². The molecular weight excluding hydrogens is 550 g/mol. The van der Waals surface area contributed by atoms with Crippen molar-refractivity contribution in [2.75, 3.05) is 14.2 Å². The van der Waals surface area contributed by atoms with Crippen molar-refractivity contribution in [1.29, 1.82) is 0 Å². The summed E-state index contributed by atoms with van der Waals surface area (Å²) in [5, 5.41) is 7.63. The van der Waals surface area contributed by atoms with Crippen LogP contribution >= 0.6 is 11.6 Å². The maximum absolute atomic E-state index is 14.2. The van der Waals surface area contributed by atoms with Gasteiger partial charge in [0.25, 0.3) is 11.5 Å². The highest BCUT2D eigenvalue weighted by atomic mass is 35.5. The zero-order valence-corrected chi connectivity index (χ0v) is 23.8. The molecule has 0 fully saturated rings. The van der Waals surface area contributed by atoms with Crippen LogP contribution in [0.15, 0.2) is 113 Å². The molecule has 42 heavy (non-hydrogen) atoms. The average Bonchev–Trinajstić information content (AvgIpc) is 3.46. The molecule has 1 aromatic heterocycles. The summed E-state index contributed by atoms with van der Waals surface area (Å²) >= 11 is 6.44. The van der Waals surface area contributed by atoms with Crippen molar-refractivity contribution >= 4 is 34.1 Å². The number of ether oxygens (including phenoxy) is 2. The van der Waals surface area contributed by atoms with Crippen LogP contribution in [-0.2, 0) is 9.53 Å². The van der Waals surface area contributed by atoms with Gasteiger partial charge in [-0.2, -0.15) is 5.10 Å². The summed E-state index contributed by atoms with van der Waals surface area (Å²) < 4.78 is 11.4. The number of nitrogens with zero attached hydrogens (tertiary/aromatic N) is 2. The van der Waals surface area contributed by atoms with Gasteiger partial charge in [-0.1, -0.05) is 90.5 Å². The Hall–Kier alpha value is -4.72. The highest BCUT2D eigenvalue weighted by molar-refractivity contribution is 6.31. The monoisotopic (exact) mass is 577 g/mol. The number of halogens is 1. The zero-order valence-electron chi connectivity index (χ0n) is 23.1. The normalized spacial score (nSPS) is 15.5. The Kier molecular flexibility index (Phi) is 7.61. The molecule has 2 heterocycles. The van der Waals surface area contributed by atoms with Gasteiger partial charge in [-0.15, -0.1) is 0 Å². The van der Waals surface area contributed by atoms with Gasteiger partial charge in [0.15, 0.2) is 6.10 Å². The number of carbonyl (C=O) groups excluding carboxylic acids is 1. The second-order valence-electron chi connectivity index (χ2n) is 9.98. The molecule has 2 atom stereocenters. The molecule has 8 heteroatoms. The number of nitrogens with one attached hydrogen (secondary N) is 1. The molecule has 0 unspecified atom stereocenters. The maximum Gasteiger partial charge on any atom is 0.276 e. The summed E-state index contributed by atoms with van der Waals surface area (Å²) in [6, 6.07) is 31.3. The van der Waals surface area contributed by atoms with E-state index in [9.17, 15) is 9.59 Å². The van der Waals surface area contributed by atoms with E-state index >= 15 is 0 Å². The largest absolute Gasteiger partial charge is 0.496 e. The molecular formula is C34H28ClN3O4. The van der Waals surface area contributed by atoms with Crippen LogP contribution in [0.3, 0.4) is 0 Å². The Morgan fingerprint density at radius 1 is 0.929 bits per heavy atom. The number of H-pyrrole nitrogens is 1. The van der Waals surface area contributed by atoms with E-state index in [0.717, 1.165) is 16.5 Å². The van der Waals surface area contributed by atoms with Crippen LogP contribution in [0.5, 0.6) is 5.75 Å². The Morgan fingerprint density at radius 2 is 1.62 bits per heavy atom. The molecule has 1 aliphatic heterocycles. The summed E-state index contributed by atoms with van der Waals surface area (Å²) in [5.74, 6) is 0.268. The molecule has 0 radical (unpaired) electrons. The number of hydrazone groups is 1. The van der Waals surface area contributed by atoms with Gasteiger partial charge in [0, 0.05) is 40.6 Å². The molecule has 1 aliphatic rings. The number of benzene rings is 4. The molecule has 6 rings (SSSR count). The van der Waals surface area contributed by atoms with E-state index in [1.165, 1.54) is 12.1 Å². The molecule has 0 saturated carbocycles. The van der Waals surface area contributed by atoms with Gasteiger partial charge in [0.1, 0.15) is 5.75 Å². The van der Waals surface area contributed by atoms with Crippen LogP contribution < -0.4 is 10.3 Å². The van der Waals surface area contributed by atoms with Gasteiger partial charge in [-0.25, -0.2) is 5.01 Å². The van der Waals surface area contributed by atoms with E-state index in [-0.39, 0.29) is 17.9 Å². The van der Waals surface area contributed by atoms with Crippen molar-refractivity contribution < 1.29 is 14.3 Å². The van der Waals surface area contributed by atoms with E-state index < -0.39 is 12.1 Å². The highest BCUT2D eigenvalue weighted by Crippen LogP contribution is 2.41. The fourth-order valence-electron chi connectivity index (χ4n) is 5.62. The second kappa shape index (κ2) is 11.6. The lowest BCUT2D eigenvalue weighted by Gasteiger charge is -2.27. The fraction of sp³-hybridized carbons (Fsp3) is 0.147. The van der Waals surface area contributed by atoms with Crippen molar-refractivity contribution in [1.82, 2.24) is 9.99 Å². The SMILES string of the molecule is COc1ccccc1[C@@H]1CC(c2c(-c3ccccc3)c3cc(Cl)ccc3[nH]c2=O)=NN1C(=O)[C@H](OC)c1ccccc1. The average molecular weight is 578 g/mol. The first-order valence-electron chi connectivity index (χ1n) is 13.5. The van der Waals surface area contributed by atoms with Crippen LogP contribution in [0, 0.1) is 0 Å². The molecule has 1 N–H and O–H groups in total. The fourth-order valence-corrected chi connectivity index (χ4v) is 5.79. The first-order valence-corrected chi connectivity index (χ1v) is 13.9. The van der Waals surface area contributed by atoms with Crippen molar-refractivity contribution in [2.45, 2.75) is 18.6 Å². The maximum atomic E-state index is 14.2. The number of rotatable bonds is 7. The third-order valence-corrected chi connectivity index (χ3v) is 7.76. The minimum absolute atomic E-state index is 0.284. The number of fused-ring (bicyclic) bond motifs is 1. The van der Waals surface area contributed by atoms with E-state index in [2.05, 4.69) is 4.98 Å². The first-order chi connectivity index (χ1) is 20.5. The number of aromatic amines is 1. The lowest BCUT2D eigenvalue weighted by molar-refractivity contribution is -0.144. The summed E-state index contributed by atoms with van der Waals surface area (Å²) in [4.78, 5) is 31.0. The molecule has 0 aliphatic carbocycles. The number of hydrogen-bond donors (Lipinski definition) is 1. The molecule has 0 spiro atoms. The van der Waals surface area contributed by atoms with Crippen LogP contribution in [0.25, 0.3) is 22.0 Å². The number of carbonyl (C=O) groups is 1. The third-order valence-electron chi connectivity index (χ3n) is 7.52. The number of methoxy groups -OCH3 is 2. The standard InChI is InChI=1S/C34H28ClN3O4/c1-41-29-16-10-9-15-24(29)28-20-27(37-38(28)34(40)32(42-2)22-13-7-4-8-14-22)31-30(21-11-5-3-6-12-21)25-19-23(35)17-18-26(25)36-33(31)39/h3-19,28,32H,20H2,1-2H3,(H,36,39)/t28-,32+/m0/s1. The molecule has 5 aromatic rings. The number of pyridine rings is 1. The van der Waals surface area contributed by atoms with Crippen LogP contribution in [0.4, 0.5) is 0 Å². The number of hydrogen-bond acceptors (Lipinski definition) is 5. The van der Waals surface area contributed by atoms with Crippen LogP contribution in [0.2, 0.25) is 5.02 Å². The van der Waals surface area contributed by atoms with Crippen LogP contribution in [-0.4, -0.2) is 35.8 Å². The number of aromatic nitrogens is 1. The lowest BCUT2D eigenvalue weighted by Crippen LogP contribution is -2.32. The Labute approximate surface area is 248 Å². The first kappa shape index (κ1) is 27.4. The predicted molar refractivity (Wildman–Crippen MR) is 165 cm³/mol. The van der Waals surface area contributed by atoms with Crippen molar-refractivity contribution in [3.63, 3.8) is 0 Å². The lowest BCUT2D eigenvalue weighted by atomic mass is 9.90. The van der Waals surface area contributed by atoms with Gasteiger partial charge >= 0.3 is 0 Å². The quantitative estimate of drug-likeness (QED) is 0.227. The zero-order chi connectivity index (χ0) is 29.2. The van der Waals surface area contributed by atoms with E-state index in [1.807, 2.05) is 91.0 Å². The van der Waals surface area contributed by atoms with E-state index in [1.54, 1.807) is 19.2 Å². The Balaban J connectivity index is 1.57. The van der Waals surface area contributed by atoms with Gasteiger partial charge in [0.2, 0.25) is 0 Å². The Morgan fingerprint density at radius 3 is 2.33 bits per heavy atom. The van der Waals surface area contributed by atoms with Gasteiger partial charge < -0.3 is 14.5 Å². The smallest absolute Gasteiger partial charge is 0.276 e. The second-order valence-corrected chi connectivity index (χ2v) is 10.4. The molecule has 210 valence electrons. The summed E-state index contributed by atoms with van der Waals surface area (Å²) in [6.45, 7) is 0. The molecule has 1 amide bonds. The summed E-state index contributed by atoms with van der Waals surface area (Å²) in [7, 11) is 3.09. The highest BCUT2D eigenvalue weighted by Gasteiger charge is 2.39. The third kappa shape index (κ3) is 4.98. The summed E-state index contributed by atoms with van der Waals surface area (Å²) in [5.41, 5.74) is 4.24. The van der Waals surface area contributed by atoms with Gasteiger partial charge in [0.05, 0.1) is 24.4 Å². The molecule has 0 bridgehead atoms. The molecule has 0 saturated heterocycles. The number of para-hydroxylation sites is 1. The van der Waals surface area contributed by atoms with Crippen molar-refractivity contribution in [3.8, 4) is 16.9 Å². The number of amides is 1. The van der Waals surface area contributed by atoms with E-state index in [0.29, 0.717) is 38.7 Å². The predicted octanol–water partition coefficient (Wildman–Crippen LogP) is 6.92. The van der Waals surface area contributed by atoms with Gasteiger partial charge in [-0.3, -0.25) is 9.59 Å². The topological polar surface area (TPSA) is 84.0 Å². The molecule has 7 nitrogen and oxygen atoms in total.